The van der Waals surface area contributed by atoms with Gasteiger partial charge in [0.1, 0.15) is 12.4 Å². The predicted octanol–water partition coefficient (Wildman–Crippen LogP) is 3.88. The van der Waals surface area contributed by atoms with Crippen LogP contribution in [0.5, 0.6) is 5.75 Å². The number of hydrogen-bond acceptors (Lipinski definition) is 4. The average molecular weight is 297 g/mol. The molecule has 19 heavy (non-hydrogen) atoms. The lowest BCUT2D eigenvalue weighted by atomic mass is 10.2. The highest BCUT2D eigenvalue weighted by molar-refractivity contribution is 7.09. The van der Waals surface area contributed by atoms with Crippen molar-refractivity contribution in [3.8, 4) is 5.75 Å². The molecule has 1 N–H and O–H groups in total. The summed E-state index contributed by atoms with van der Waals surface area (Å²) in [6.07, 6.45) is 2.92. The first-order valence-electron chi connectivity index (χ1n) is 6.29. The molecule has 0 atom stereocenters. The minimum Gasteiger partial charge on any atom is -0.488 e. The van der Waals surface area contributed by atoms with Crippen molar-refractivity contribution < 1.29 is 4.74 Å². The van der Waals surface area contributed by atoms with Crippen molar-refractivity contribution in [1.82, 2.24) is 10.3 Å². The van der Waals surface area contributed by atoms with E-state index in [1.165, 1.54) is 0 Å². The molecule has 2 rings (SSSR count). The van der Waals surface area contributed by atoms with Crippen molar-refractivity contribution in [1.29, 1.82) is 0 Å². The van der Waals surface area contributed by atoms with Crippen LogP contribution in [0.25, 0.3) is 0 Å². The number of nitrogens with one attached hydrogen (secondary N) is 1. The fraction of sp³-hybridized carbons (Fsp3) is 0.357. The minimum absolute atomic E-state index is 0.534. The topological polar surface area (TPSA) is 34.1 Å². The van der Waals surface area contributed by atoms with Gasteiger partial charge in [0.25, 0.3) is 0 Å². The van der Waals surface area contributed by atoms with Crippen LogP contribution in [0.2, 0.25) is 5.02 Å². The molecule has 0 bridgehead atoms. The van der Waals surface area contributed by atoms with Crippen molar-refractivity contribution in [2.45, 2.75) is 26.5 Å². The fourth-order valence-electron chi connectivity index (χ4n) is 1.70. The van der Waals surface area contributed by atoms with Crippen molar-refractivity contribution in [3.05, 3.63) is 45.4 Å². The second-order valence-electron chi connectivity index (χ2n) is 4.15. The molecule has 0 aliphatic heterocycles. The van der Waals surface area contributed by atoms with Gasteiger partial charge >= 0.3 is 0 Å². The molecule has 1 aromatic carbocycles. The molecule has 0 saturated heterocycles. The summed E-state index contributed by atoms with van der Waals surface area (Å²) in [7, 11) is 0. The van der Waals surface area contributed by atoms with Crippen LogP contribution in [0.15, 0.2) is 29.9 Å². The van der Waals surface area contributed by atoms with E-state index in [1.54, 1.807) is 16.8 Å². The van der Waals surface area contributed by atoms with Gasteiger partial charge in [0.2, 0.25) is 0 Å². The molecule has 0 saturated carbocycles. The van der Waals surface area contributed by atoms with Gasteiger partial charge in [0.05, 0.1) is 10.4 Å². The fourth-order valence-corrected chi connectivity index (χ4v) is 2.44. The van der Waals surface area contributed by atoms with Crippen molar-refractivity contribution in [3.63, 3.8) is 0 Å². The first-order chi connectivity index (χ1) is 9.31. The highest BCUT2D eigenvalue weighted by atomic mass is 35.5. The van der Waals surface area contributed by atoms with Gasteiger partial charge in [0, 0.05) is 23.3 Å². The van der Waals surface area contributed by atoms with Gasteiger partial charge < -0.3 is 10.1 Å². The molecule has 5 heteroatoms. The maximum absolute atomic E-state index is 6.24. The molecule has 0 unspecified atom stereocenters. The van der Waals surface area contributed by atoms with E-state index in [1.807, 2.05) is 24.4 Å². The molecule has 0 radical (unpaired) electrons. The third-order valence-corrected chi connectivity index (χ3v) is 3.77. The standard InChI is InChI=1S/C14H17ClN2OS/c1-2-6-16-8-12-13(15)4-3-5-14(12)18-9-11-7-17-10-19-11/h3-5,7,10,16H,2,6,8-9H2,1H3. The van der Waals surface area contributed by atoms with E-state index in [0.29, 0.717) is 6.61 Å². The first-order valence-corrected chi connectivity index (χ1v) is 7.55. The van der Waals surface area contributed by atoms with E-state index >= 15 is 0 Å². The number of ether oxygens (including phenoxy) is 1. The molecule has 0 fully saturated rings. The summed E-state index contributed by atoms with van der Waals surface area (Å²) >= 11 is 7.83. The zero-order chi connectivity index (χ0) is 13.5. The van der Waals surface area contributed by atoms with Crippen molar-refractivity contribution in [2.75, 3.05) is 6.54 Å². The Morgan fingerprint density at radius 3 is 3.05 bits per heavy atom. The second kappa shape index (κ2) is 7.48. The van der Waals surface area contributed by atoms with Gasteiger partial charge in [-0.2, -0.15) is 0 Å². The Labute approximate surface area is 122 Å². The number of hydrogen-bond donors (Lipinski definition) is 1. The zero-order valence-corrected chi connectivity index (χ0v) is 12.4. The largest absolute Gasteiger partial charge is 0.488 e. The second-order valence-corrected chi connectivity index (χ2v) is 5.53. The molecular weight excluding hydrogens is 280 g/mol. The lowest BCUT2D eigenvalue weighted by Crippen LogP contribution is -2.15. The van der Waals surface area contributed by atoms with Crippen LogP contribution in [0.1, 0.15) is 23.8 Å². The van der Waals surface area contributed by atoms with Gasteiger partial charge in [0.15, 0.2) is 0 Å². The summed E-state index contributed by atoms with van der Waals surface area (Å²) in [5.74, 6) is 0.838. The average Bonchev–Trinajstić information content (AvgIpc) is 2.92. The predicted molar refractivity (Wildman–Crippen MR) is 79.9 cm³/mol. The van der Waals surface area contributed by atoms with Crippen LogP contribution in [-0.2, 0) is 13.2 Å². The third kappa shape index (κ3) is 4.20. The molecular formula is C14H17ClN2OS. The van der Waals surface area contributed by atoms with E-state index < -0.39 is 0 Å². The number of thiazole rings is 1. The quantitative estimate of drug-likeness (QED) is 0.788. The summed E-state index contributed by atoms with van der Waals surface area (Å²) in [6, 6.07) is 5.76. The molecule has 1 aromatic heterocycles. The van der Waals surface area contributed by atoms with Gasteiger partial charge in [-0.15, -0.1) is 11.3 Å². The number of rotatable bonds is 7. The normalized spacial score (nSPS) is 10.6. The van der Waals surface area contributed by atoms with Crippen LogP contribution in [0.3, 0.4) is 0 Å². The van der Waals surface area contributed by atoms with Crippen LogP contribution < -0.4 is 10.1 Å². The van der Waals surface area contributed by atoms with Crippen LogP contribution in [-0.4, -0.2) is 11.5 Å². The van der Waals surface area contributed by atoms with E-state index in [-0.39, 0.29) is 0 Å². The summed E-state index contributed by atoms with van der Waals surface area (Å²) in [5.41, 5.74) is 2.82. The summed E-state index contributed by atoms with van der Waals surface area (Å²) in [5, 5.41) is 4.09. The Balaban J connectivity index is 2.03. The van der Waals surface area contributed by atoms with Gasteiger partial charge in [-0.3, -0.25) is 4.98 Å². The number of aromatic nitrogens is 1. The van der Waals surface area contributed by atoms with Gasteiger partial charge in [-0.05, 0) is 25.1 Å². The molecule has 0 aliphatic rings. The number of halogens is 1. The molecule has 2 aromatic rings. The summed E-state index contributed by atoms with van der Waals surface area (Å²) < 4.78 is 5.84. The lowest BCUT2D eigenvalue weighted by molar-refractivity contribution is 0.305. The van der Waals surface area contributed by atoms with Crippen LogP contribution in [0, 0.1) is 0 Å². The Morgan fingerprint density at radius 1 is 1.42 bits per heavy atom. The van der Waals surface area contributed by atoms with Crippen LogP contribution in [0.4, 0.5) is 0 Å². The third-order valence-electron chi connectivity index (χ3n) is 2.66. The first kappa shape index (κ1) is 14.3. The Bertz CT molecular complexity index is 502. The van der Waals surface area contributed by atoms with Gasteiger partial charge in [-0.1, -0.05) is 24.6 Å². The summed E-state index contributed by atoms with van der Waals surface area (Å²) in [6.45, 7) is 4.37. The maximum atomic E-state index is 6.24. The van der Waals surface area contributed by atoms with Crippen LogP contribution >= 0.6 is 22.9 Å². The summed E-state index contributed by atoms with van der Waals surface area (Å²) in [4.78, 5) is 5.14. The smallest absolute Gasteiger partial charge is 0.125 e. The van der Waals surface area contributed by atoms with Gasteiger partial charge in [-0.25, -0.2) is 0 Å². The number of benzene rings is 1. The maximum Gasteiger partial charge on any atom is 0.125 e. The minimum atomic E-state index is 0.534. The number of nitrogens with zero attached hydrogens (tertiary/aromatic N) is 1. The molecule has 0 spiro atoms. The monoisotopic (exact) mass is 296 g/mol. The Kier molecular flexibility index (Phi) is 5.63. The van der Waals surface area contributed by atoms with E-state index in [0.717, 1.165) is 40.7 Å². The highest BCUT2D eigenvalue weighted by Crippen LogP contribution is 2.27. The van der Waals surface area contributed by atoms with E-state index in [4.69, 9.17) is 16.3 Å². The van der Waals surface area contributed by atoms with Crippen molar-refractivity contribution >= 4 is 22.9 Å². The Morgan fingerprint density at radius 2 is 2.32 bits per heavy atom. The van der Waals surface area contributed by atoms with E-state index in [9.17, 15) is 0 Å². The lowest BCUT2D eigenvalue weighted by Gasteiger charge is -2.13. The molecule has 3 nitrogen and oxygen atoms in total. The van der Waals surface area contributed by atoms with E-state index in [2.05, 4.69) is 17.2 Å². The zero-order valence-electron chi connectivity index (χ0n) is 10.9. The highest BCUT2D eigenvalue weighted by Gasteiger charge is 2.08. The molecule has 0 amide bonds. The molecule has 1 heterocycles. The molecule has 102 valence electrons. The van der Waals surface area contributed by atoms with Crippen molar-refractivity contribution in [2.24, 2.45) is 0 Å². The molecule has 0 aliphatic carbocycles. The SMILES string of the molecule is CCCNCc1c(Cl)cccc1OCc1cncs1. The Hall–Kier alpha value is -1.10.